The van der Waals surface area contributed by atoms with E-state index in [2.05, 4.69) is 29.2 Å². The van der Waals surface area contributed by atoms with Gasteiger partial charge in [0.15, 0.2) is 0 Å². The molecule has 0 saturated heterocycles. The molecule has 1 aliphatic heterocycles. The minimum atomic E-state index is 0.698. The van der Waals surface area contributed by atoms with Gasteiger partial charge in [-0.05, 0) is 50.3 Å². The van der Waals surface area contributed by atoms with Gasteiger partial charge in [-0.25, -0.2) is 0 Å². The largest absolute Gasteiger partial charge is 0.365 e. The first-order valence-corrected chi connectivity index (χ1v) is 7.96. The third-order valence-corrected chi connectivity index (χ3v) is 4.83. The average molecular weight is 258 g/mol. The fourth-order valence-corrected chi connectivity index (χ4v) is 3.93. The highest BCUT2D eigenvalue weighted by Gasteiger charge is 2.33. The van der Waals surface area contributed by atoms with Crippen LogP contribution in [0.3, 0.4) is 0 Å². The van der Waals surface area contributed by atoms with Crippen molar-refractivity contribution in [2.45, 2.75) is 63.5 Å². The standard InChI is InChI=1S/C17H26N2/c18-12-6-10-16-13-14-7-4-5-11-17(14)19(16)15-8-2-1-3-9-15/h4-5,7,11,15-16H,1-3,6,8-10,12-13,18H2. The van der Waals surface area contributed by atoms with E-state index in [4.69, 9.17) is 5.73 Å². The second kappa shape index (κ2) is 5.96. The molecule has 1 saturated carbocycles. The van der Waals surface area contributed by atoms with Crippen LogP contribution in [0.25, 0.3) is 0 Å². The number of anilines is 1. The van der Waals surface area contributed by atoms with Gasteiger partial charge in [0.1, 0.15) is 0 Å². The molecule has 2 heteroatoms. The number of rotatable bonds is 4. The zero-order valence-electron chi connectivity index (χ0n) is 11.9. The molecule has 0 amide bonds. The van der Waals surface area contributed by atoms with Gasteiger partial charge in [-0.2, -0.15) is 0 Å². The topological polar surface area (TPSA) is 29.3 Å². The molecule has 1 unspecified atom stereocenters. The summed E-state index contributed by atoms with van der Waals surface area (Å²) < 4.78 is 0. The monoisotopic (exact) mass is 258 g/mol. The number of nitrogens with two attached hydrogens (primary N) is 1. The molecule has 1 atom stereocenters. The maximum Gasteiger partial charge on any atom is 0.0404 e. The summed E-state index contributed by atoms with van der Waals surface area (Å²) in [7, 11) is 0. The minimum absolute atomic E-state index is 0.698. The fraction of sp³-hybridized carbons (Fsp3) is 0.647. The number of nitrogens with zero attached hydrogens (tertiary/aromatic N) is 1. The number of fused-ring (bicyclic) bond motifs is 1. The van der Waals surface area contributed by atoms with Gasteiger partial charge < -0.3 is 10.6 Å². The van der Waals surface area contributed by atoms with Crippen LogP contribution in [0, 0.1) is 0 Å². The van der Waals surface area contributed by atoms with E-state index in [1.165, 1.54) is 50.6 Å². The Morgan fingerprint density at radius 2 is 1.89 bits per heavy atom. The van der Waals surface area contributed by atoms with E-state index in [0.717, 1.165) is 19.0 Å². The number of hydrogen-bond donors (Lipinski definition) is 1. The Morgan fingerprint density at radius 3 is 2.68 bits per heavy atom. The summed E-state index contributed by atoms with van der Waals surface area (Å²) in [5.41, 5.74) is 8.78. The van der Waals surface area contributed by atoms with Crippen LogP contribution >= 0.6 is 0 Å². The van der Waals surface area contributed by atoms with Crippen LogP contribution in [0.2, 0.25) is 0 Å². The van der Waals surface area contributed by atoms with Gasteiger partial charge in [0, 0.05) is 17.8 Å². The molecular formula is C17H26N2. The number of benzene rings is 1. The normalized spacial score (nSPS) is 23.6. The van der Waals surface area contributed by atoms with Crippen molar-refractivity contribution in [2.24, 2.45) is 5.73 Å². The molecule has 1 aliphatic carbocycles. The molecule has 1 heterocycles. The molecule has 3 rings (SSSR count). The maximum absolute atomic E-state index is 5.72. The summed E-state index contributed by atoms with van der Waals surface area (Å²) >= 11 is 0. The fourth-order valence-electron chi connectivity index (χ4n) is 3.93. The van der Waals surface area contributed by atoms with Gasteiger partial charge in [0.05, 0.1) is 0 Å². The first-order chi connectivity index (χ1) is 9.40. The maximum atomic E-state index is 5.72. The lowest BCUT2D eigenvalue weighted by molar-refractivity contribution is 0.385. The van der Waals surface area contributed by atoms with Gasteiger partial charge in [-0.15, -0.1) is 0 Å². The van der Waals surface area contributed by atoms with Crippen molar-refractivity contribution in [1.82, 2.24) is 0 Å². The van der Waals surface area contributed by atoms with Crippen LogP contribution in [-0.4, -0.2) is 18.6 Å². The molecule has 1 aromatic carbocycles. The Balaban J connectivity index is 1.82. The van der Waals surface area contributed by atoms with Crippen molar-refractivity contribution in [2.75, 3.05) is 11.4 Å². The highest BCUT2D eigenvalue weighted by molar-refractivity contribution is 5.60. The van der Waals surface area contributed by atoms with E-state index >= 15 is 0 Å². The van der Waals surface area contributed by atoms with E-state index in [1.807, 2.05) is 0 Å². The third-order valence-electron chi connectivity index (χ3n) is 4.83. The van der Waals surface area contributed by atoms with Crippen LogP contribution in [-0.2, 0) is 6.42 Å². The van der Waals surface area contributed by atoms with Crippen LogP contribution in [0.1, 0.15) is 50.5 Å². The van der Waals surface area contributed by atoms with E-state index in [1.54, 1.807) is 5.56 Å². The number of para-hydroxylation sites is 1. The molecule has 2 nitrogen and oxygen atoms in total. The molecular weight excluding hydrogens is 232 g/mol. The predicted octanol–water partition coefficient (Wildman–Crippen LogP) is 3.49. The Morgan fingerprint density at radius 1 is 1.11 bits per heavy atom. The smallest absolute Gasteiger partial charge is 0.0404 e. The lowest BCUT2D eigenvalue weighted by Crippen LogP contribution is -2.42. The van der Waals surface area contributed by atoms with E-state index in [9.17, 15) is 0 Å². The van der Waals surface area contributed by atoms with Crippen LogP contribution in [0.15, 0.2) is 24.3 Å². The van der Waals surface area contributed by atoms with Crippen LogP contribution in [0.5, 0.6) is 0 Å². The molecule has 1 aromatic rings. The average Bonchev–Trinajstić information content (AvgIpc) is 2.84. The Bertz CT molecular complexity index is 409. The molecule has 0 aromatic heterocycles. The summed E-state index contributed by atoms with van der Waals surface area (Å²) in [4.78, 5) is 2.75. The van der Waals surface area contributed by atoms with Crippen molar-refractivity contribution in [3.63, 3.8) is 0 Å². The summed E-state index contributed by atoms with van der Waals surface area (Å²) in [6.45, 7) is 0.825. The van der Waals surface area contributed by atoms with Crippen LogP contribution in [0.4, 0.5) is 5.69 Å². The quantitative estimate of drug-likeness (QED) is 0.895. The zero-order chi connectivity index (χ0) is 13.1. The van der Waals surface area contributed by atoms with E-state index in [-0.39, 0.29) is 0 Å². The summed E-state index contributed by atoms with van der Waals surface area (Å²) in [6.07, 6.45) is 10.6. The van der Waals surface area contributed by atoms with Crippen molar-refractivity contribution < 1.29 is 0 Å². The van der Waals surface area contributed by atoms with Gasteiger partial charge in [-0.3, -0.25) is 0 Å². The van der Waals surface area contributed by atoms with E-state index < -0.39 is 0 Å². The highest BCUT2D eigenvalue weighted by atomic mass is 15.2. The second-order valence-electron chi connectivity index (χ2n) is 6.12. The summed E-state index contributed by atoms with van der Waals surface area (Å²) in [6, 6.07) is 10.5. The molecule has 104 valence electrons. The molecule has 0 radical (unpaired) electrons. The van der Waals surface area contributed by atoms with Crippen molar-refractivity contribution >= 4 is 5.69 Å². The summed E-state index contributed by atoms with van der Waals surface area (Å²) in [5, 5.41) is 0. The first-order valence-electron chi connectivity index (χ1n) is 7.96. The SMILES string of the molecule is NCCCC1Cc2ccccc2N1C1CCCCC1. The van der Waals surface area contributed by atoms with Crippen molar-refractivity contribution in [3.05, 3.63) is 29.8 Å². The van der Waals surface area contributed by atoms with Gasteiger partial charge in [-0.1, -0.05) is 37.5 Å². The van der Waals surface area contributed by atoms with E-state index in [0.29, 0.717) is 6.04 Å². The molecule has 0 spiro atoms. The molecule has 1 fully saturated rings. The summed E-state index contributed by atoms with van der Waals surface area (Å²) in [5.74, 6) is 0. The Labute approximate surface area is 117 Å². The van der Waals surface area contributed by atoms with Gasteiger partial charge in [0.25, 0.3) is 0 Å². The molecule has 2 aliphatic rings. The lowest BCUT2D eigenvalue weighted by atomic mass is 9.93. The Kier molecular flexibility index (Phi) is 4.07. The number of hydrogen-bond acceptors (Lipinski definition) is 2. The van der Waals surface area contributed by atoms with Gasteiger partial charge in [0.2, 0.25) is 0 Å². The Hall–Kier alpha value is -1.02. The second-order valence-corrected chi connectivity index (χ2v) is 6.12. The lowest BCUT2D eigenvalue weighted by Gasteiger charge is -2.38. The van der Waals surface area contributed by atoms with Crippen molar-refractivity contribution in [3.8, 4) is 0 Å². The minimum Gasteiger partial charge on any atom is -0.365 e. The predicted molar refractivity (Wildman–Crippen MR) is 81.6 cm³/mol. The van der Waals surface area contributed by atoms with Crippen molar-refractivity contribution in [1.29, 1.82) is 0 Å². The highest BCUT2D eigenvalue weighted by Crippen LogP contribution is 2.38. The molecule has 19 heavy (non-hydrogen) atoms. The first kappa shape index (κ1) is 13.0. The third kappa shape index (κ3) is 2.64. The molecule has 2 N–H and O–H groups in total. The van der Waals surface area contributed by atoms with Gasteiger partial charge >= 0.3 is 0 Å². The molecule has 0 bridgehead atoms. The zero-order valence-corrected chi connectivity index (χ0v) is 11.9. The van der Waals surface area contributed by atoms with Crippen LogP contribution < -0.4 is 10.6 Å².